The van der Waals surface area contributed by atoms with Gasteiger partial charge in [0.2, 0.25) is 0 Å². The number of nitrogens with zero attached hydrogens (tertiary/aromatic N) is 1. The molecule has 2 rings (SSSR count). The lowest BCUT2D eigenvalue weighted by Crippen LogP contribution is -2.35. The van der Waals surface area contributed by atoms with Crippen molar-refractivity contribution in [2.45, 2.75) is 38.9 Å². The molecule has 4 heteroatoms. The Hall–Kier alpha value is -1.42. The zero-order valence-electron chi connectivity index (χ0n) is 11.1. The summed E-state index contributed by atoms with van der Waals surface area (Å²) in [5.41, 5.74) is 7.69. The lowest BCUT2D eigenvalue weighted by atomic mass is 10.1. The SMILES string of the molecule is CC(C)Oc1cc(N2CCC(O)CC2)ccc1N. The molecule has 1 heterocycles. The molecule has 1 aliphatic heterocycles. The van der Waals surface area contributed by atoms with E-state index < -0.39 is 0 Å². The maximum atomic E-state index is 9.52. The molecule has 0 aliphatic carbocycles. The molecule has 0 unspecified atom stereocenters. The maximum absolute atomic E-state index is 9.52. The second kappa shape index (κ2) is 5.48. The van der Waals surface area contributed by atoms with Crippen LogP contribution in [0.2, 0.25) is 0 Å². The van der Waals surface area contributed by atoms with Gasteiger partial charge in [-0.25, -0.2) is 0 Å². The summed E-state index contributed by atoms with van der Waals surface area (Å²) in [6.45, 7) is 5.74. The maximum Gasteiger partial charge on any atom is 0.144 e. The molecule has 0 aromatic heterocycles. The highest BCUT2D eigenvalue weighted by Crippen LogP contribution is 2.30. The van der Waals surface area contributed by atoms with Crippen molar-refractivity contribution < 1.29 is 9.84 Å². The minimum Gasteiger partial charge on any atom is -0.489 e. The molecule has 0 spiro atoms. The summed E-state index contributed by atoms with van der Waals surface area (Å²) in [5, 5.41) is 9.52. The van der Waals surface area contributed by atoms with Crippen LogP contribution in [0, 0.1) is 0 Å². The van der Waals surface area contributed by atoms with Crippen LogP contribution in [-0.4, -0.2) is 30.4 Å². The van der Waals surface area contributed by atoms with E-state index in [0.29, 0.717) is 5.69 Å². The summed E-state index contributed by atoms with van der Waals surface area (Å²) in [5.74, 6) is 0.744. The Labute approximate surface area is 108 Å². The minimum atomic E-state index is -0.151. The van der Waals surface area contributed by atoms with Crippen molar-refractivity contribution in [2.75, 3.05) is 23.7 Å². The fraction of sp³-hybridized carbons (Fsp3) is 0.571. The van der Waals surface area contributed by atoms with Gasteiger partial charge in [-0.15, -0.1) is 0 Å². The van der Waals surface area contributed by atoms with Gasteiger partial charge in [0.25, 0.3) is 0 Å². The Morgan fingerprint density at radius 1 is 1.33 bits per heavy atom. The number of piperidine rings is 1. The van der Waals surface area contributed by atoms with E-state index in [1.54, 1.807) is 0 Å². The number of aliphatic hydroxyl groups excluding tert-OH is 1. The Bertz CT molecular complexity index is 399. The molecule has 0 amide bonds. The van der Waals surface area contributed by atoms with Crippen molar-refractivity contribution in [1.29, 1.82) is 0 Å². The number of ether oxygens (including phenoxy) is 1. The monoisotopic (exact) mass is 250 g/mol. The zero-order valence-corrected chi connectivity index (χ0v) is 11.1. The van der Waals surface area contributed by atoms with Crippen LogP contribution >= 0.6 is 0 Å². The van der Waals surface area contributed by atoms with Gasteiger partial charge < -0.3 is 20.5 Å². The molecule has 0 bridgehead atoms. The van der Waals surface area contributed by atoms with E-state index in [2.05, 4.69) is 4.90 Å². The molecule has 3 N–H and O–H groups in total. The van der Waals surface area contributed by atoms with Gasteiger partial charge in [0, 0.05) is 24.8 Å². The number of benzene rings is 1. The number of nitrogen functional groups attached to an aromatic ring is 1. The van der Waals surface area contributed by atoms with Gasteiger partial charge in [0.15, 0.2) is 0 Å². The van der Waals surface area contributed by atoms with Gasteiger partial charge in [-0.05, 0) is 38.8 Å². The molecule has 1 fully saturated rings. The fourth-order valence-corrected chi connectivity index (χ4v) is 2.20. The van der Waals surface area contributed by atoms with Gasteiger partial charge >= 0.3 is 0 Å². The van der Waals surface area contributed by atoms with E-state index in [0.717, 1.165) is 37.4 Å². The number of hydrogen-bond acceptors (Lipinski definition) is 4. The summed E-state index contributed by atoms with van der Waals surface area (Å²) in [6, 6.07) is 5.89. The standard InChI is InChI=1S/C14H22N2O2/c1-10(2)18-14-9-11(3-4-13(14)15)16-7-5-12(17)6-8-16/h3-4,9-10,12,17H,5-8,15H2,1-2H3. The van der Waals surface area contributed by atoms with Gasteiger partial charge in [-0.1, -0.05) is 0 Å². The van der Waals surface area contributed by atoms with Gasteiger partial charge in [-0.3, -0.25) is 0 Å². The first-order valence-electron chi connectivity index (χ1n) is 6.55. The van der Waals surface area contributed by atoms with Crippen LogP contribution in [0.15, 0.2) is 18.2 Å². The van der Waals surface area contributed by atoms with Crippen LogP contribution in [0.1, 0.15) is 26.7 Å². The number of aliphatic hydroxyl groups is 1. The van der Waals surface area contributed by atoms with Crippen LogP contribution in [0.5, 0.6) is 5.75 Å². The van der Waals surface area contributed by atoms with Gasteiger partial charge in [0.05, 0.1) is 17.9 Å². The van der Waals surface area contributed by atoms with Crippen molar-refractivity contribution >= 4 is 11.4 Å². The molecular formula is C14H22N2O2. The van der Waals surface area contributed by atoms with E-state index >= 15 is 0 Å². The first-order chi connectivity index (χ1) is 8.56. The number of hydrogen-bond donors (Lipinski definition) is 2. The topological polar surface area (TPSA) is 58.7 Å². The highest BCUT2D eigenvalue weighted by atomic mass is 16.5. The highest BCUT2D eigenvalue weighted by Gasteiger charge is 2.18. The third-order valence-corrected chi connectivity index (χ3v) is 3.19. The predicted molar refractivity (Wildman–Crippen MR) is 74.1 cm³/mol. The second-order valence-corrected chi connectivity index (χ2v) is 5.11. The van der Waals surface area contributed by atoms with E-state index in [1.807, 2.05) is 32.0 Å². The lowest BCUT2D eigenvalue weighted by molar-refractivity contribution is 0.145. The molecule has 1 aliphatic rings. The van der Waals surface area contributed by atoms with Crippen molar-refractivity contribution in [3.8, 4) is 5.75 Å². The quantitative estimate of drug-likeness (QED) is 0.806. The molecule has 1 aromatic rings. The van der Waals surface area contributed by atoms with E-state index in [4.69, 9.17) is 10.5 Å². The summed E-state index contributed by atoms with van der Waals surface area (Å²) < 4.78 is 5.70. The van der Waals surface area contributed by atoms with Crippen LogP contribution in [0.25, 0.3) is 0 Å². The third-order valence-electron chi connectivity index (χ3n) is 3.19. The first kappa shape index (κ1) is 13.0. The van der Waals surface area contributed by atoms with Gasteiger partial charge in [0.1, 0.15) is 5.75 Å². The number of rotatable bonds is 3. The van der Waals surface area contributed by atoms with E-state index in [-0.39, 0.29) is 12.2 Å². The van der Waals surface area contributed by atoms with Crippen LogP contribution in [-0.2, 0) is 0 Å². The smallest absolute Gasteiger partial charge is 0.144 e. The zero-order chi connectivity index (χ0) is 13.1. The third kappa shape index (κ3) is 3.07. The van der Waals surface area contributed by atoms with Crippen LogP contribution < -0.4 is 15.4 Å². The van der Waals surface area contributed by atoms with Crippen molar-refractivity contribution in [2.24, 2.45) is 0 Å². The second-order valence-electron chi connectivity index (χ2n) is 5.11. The Balaban J connectivity index is 2.13. The summed E-state index contributed by atoms with van der Waals surface area (Å²) >= 11 is 0. The Morgan fingerprint density at radius 2 is 2.00 bits per heavy atom. The molecule has 100 valence electrons. The summed E-state index contributed by atoms with van der Waals surface area (Å²) in [6.07, 6.45) is 1.61. The molecule has 0 saturated carbocycles. The average molecular weight is 250 g/mol. The normalized spacial score (nSPS) is 17.2. The number of nitrogens with two attached hydrogens (primary N) is 1. The Morgan fingerprint density at radius 3 is 2.61 bits per heavy atom. The van der Waals surface area contributed by atoms with Crippen molar-refractivity contribution in [1.82, 2.24) is 0 Å². The molecule has 0 radical (unpaired) electrons. The molecule has 1 saturated heterocycles. The lowest BCUT2D eigenvalue weighted by Gasteiger charge is -2.31. The van der Waals surface area contributed by atoms with Crippen molar-refractivity contribution in [3.05, 3.63) is 18.2 Å². The minimum absolute atomic E-state index is 0.116. The molecular weight excluding hydrogens is 228 g/mol. The highest BCUT2D eigenvalue weighted by molar-refractivity contribution is 5.62. The summed E-state index contributed by atoms with van der Waals surface area (Å²) in [7, 11) is 0. The molecule has 18 heavy (non-hydrogen) atoms. The predicted octanol–water partition coefficient (Wildman–Crippen LogP) is 2.02. The van der Waals surface area contributed by atoms with Gasteiger partial charge in [-0.2, -0.15) is 0 Å². The molecule has 4 nitrogen and oxygen atoms in total. The fourth-order valence-electron chi connectivity index (χ4n) is 2.20. The van der Waals surface area contributed by atoms with Crippen LogP contribution in [0.4, 0.5) is 11.4 Å². The van der Waals surface area contributed by atoms with Crippen molar-refractivity contribution in [3.63, 3.8) is 0 Å². The largest absolute Gasteiger partial charge is 0.489 e. The first-order valence-corrected chi connectivity index (χ1v) is 6.55. The van der Waals surface area contributed by atoms with E-state index in [9.17, 15) is 5.11 Å². The van der Waals surface area contributed by atoms with Crippen LogP contribution in [0.3, 0.4) is 0 Å². The number of anilines is 2. The molecule has 0 atom stereocenters. The Kier molecular flexibility index (Phi) is 3.97. The summed E-state index contributed by atoms with van der Waals surface area (Å²) in [4.78, 5) is 2.26. The molecule has 1 aromatic carbocycles. The van der Waals surface area contributed by atoms with E-state index in [1.165, 1.54) is 0 Å². The average Bonchev–Trinajstić information content (AvgIpc) is 2.32.